The minimum Gasteiger partial charge on any atom is -0.126 e. The third kappa shape index (κ3) is 10.3. The van der Waals surface area contributed by atoms with E-state index in [1.165, 1.54) is 29.7 Å². The van der Waals surface area contributed by atoms with Crippen LogP contribution in [0.2, 0.25) is 0 Å². The van der Waals surface area contributed by atoms with Gasteiger partial charge in [0, 0.05) is 10.7 Å². The first-order valence-corrected chi connectivity index (χ1v) is 8.89. The van der Waals surface area contributed by atoms with Crippen LogP contribution in [0.5, 0.6) is 0 Å². The Bertz CT molecular complexity index is 442. The first-order chi connectivity index (χ1) is 10.7. The van der Waals surface area contributed by atoms with E-state index in [9.17, 15) is 0 Å². The average Bonchev–Trinajstić information content (AvgIpc) is 2.55. The maximum atomic E-state index is 3.84. The number of thioether (sulfide) groups is 1. The fourth-order valence-corrected chi connectivity index (χ4v) is 3.07. The predicted molar refractivity (Wildman–Crippen MR) is 105 cm³/mol. The number of hydrogen-bond donors (Lipinski definition) is 0. The lowest BCUT2D eigenvalue weighted by Crippen LogP contribution is -2.04. The van der Waals surface area contributed by atoms with Gasteiger partial charge in [-0.3, -0.25) is 0 Å². The summed E-state index contributed by atoms with van der Waals surface area (Å²) in [6, 6.07) is 10.7. The van der Waals surface area contributed by atoms with Crippen molar-refractivity contribution in [1.29, 1.82) is 0 Å². The summed E-state index contributed by atoms with van der Waals surface area (Å²) in [6.45, 7) is 15.1. The van der Waals surface area contributed by atoms with Crippen LogP contribution in [0, 0.1) is 5.92 Å². The molecular weight excluding hydrogens is 284 g/mol. The van der Waals surface area contributed by atoms with Gasteiger partial charge in [0.15, 0.2) is 0 Å². The van der Waals surface area contributed by atoms with Crippen molar-refractivity contribution in [3.05, 3.63) is 84.8 Å². The van der Waals surface area contributed by atoms with Gasteiger partial charge in [0.1, 0.15) is 0 Å². The van der Waals surface area contributed by atoms with Gasteiger partial charge in [0.25, 0.3) is 0 Å². The predicted octanol–water partition coefficient (Wildman–Crippen LogP) is 6.83. The molecule has 1 aromatic carbocycles. The summed E-state index contributed by atoms with van der Waals surface area (Å²) >= 11 is 1.89. The molecule has 1 atom stereocenters. The van der Waals surface area contributed by atoms with Gasteiger partial charge >= 0.3 is 0 Å². The van der Waals surface area contributed by atoms with E-state index in [0.29, 0.717) is 0 Å². The largest absolute Gasteiger partial charge is 0.126 e. The topological polar surface area (TPSA) is 0 Å². The molecule has 0 saturated carbocycles. The lowest BCUT2D eigenvalue weighted by Gasteiger charge is -2.14. The molecule has 22 heavy (non-hydrogen) atoms. The van der Waals surface area contributed by atoms with E-state index < -0.39 is 0 Å². The second-order valence-corrected chi connectivity index (χ2v) is 6.12. The van der Waals surface area contributed by atoms with Gasteiger partial charge in [-0.2, -0.15) is 0 Å². The monoisotopic (exact) mass is 314 g/mol. The average molecular weight is 315 g/mol. The van der Waals surface area contributed by atoms with E-state index in [1.54, 1.807) is 6.08 Å². The summed E-state index contributed by atoms with van der Waals surface area (Å²) in [7, 11) is 0. The normalized spacial score (nSPS) is 11.8. The van der Waals surface area contributed by atoms with Gasteiger partial charge in [-0.25, -0.2) is 0 Å². The van der Waals surface area contributed by atoms with Crippen LogP contribution in [0.15, 0.2) is 79.3 Å². The van der Waals surface area contributed by atoms with Crippen molar-refractivity contribution in [3.63, 3.8) is 0 Å². The highest BCUT2D eigenvalue weighted by Gasteiger charge is 2.07. The van der Waals surface area contributed by atoms with Crippen LogP contribution in [0.4, 0.5) is 0 Å². The number of allylic oxidation sites excluding steroid dienone is 4. The third-order valence-corrected chi connectivity index (χ3v) is 4.50. The fourth-order valence-electron chi connectivity index (χ4n) is 1.93. The molecule has 0 N–H and O–H groups in total. The van der Waals surface area contributed by atoms with E-state index in [2.05, 4.69) is 57.0 Å². The lowest BCUT2D eigenvalue weighted by molar-refractivity contribution is 0.526. The Kier molecular flexibility index (Phi) is 13.5. The Morgan fingerprint density at radius 1 is 1.18 bits per heavy atom. The molecule has 1 heteroatoms. The highest BCUT2D eigenvalue weighted by molar-refractivity contribution is 8.03. The van der Waals surface area contributed by atoms with E-state index in [0.717, 1.165) is 11.7 Å². The molecule has 0 aromatic heterocycles. The van der Waals surface area contributed by atoms with E-state index in [1.807, 2.05) is 36.9 Å². The molecule has 0 amide bonds. The van der Waals surface area contributed by atoms with Gasteiger partial charge in [-0.15, -0.1) is 18.3 Å². The number of aryl methyl sites for hydroxylation is 1. The Hall–Kier alpha value is -1.47. The molecule has 0 aliphatic rings. The number of hydrogen-bond acceptors (Lipinski definition) is 1. The maximum Gasteiger partial charge on any atom is 0.00659 e. The summed E-state index contributed by atoms with van der Waals surface area (Å²) in [5.74, 6) is 1.92. The first kappa shape index (κ1) is 20.5. The minimum atomic E-state index is 0.762. The molecule has 0 heterocycles. The van der Waals surface area contributed by atoms with Gasteiger partial charge < -0.3 is 0 Å². The molecule has 1 unspecified atom stereocenters. The van der Waals surface area contributed by atoms with Crippen molar-refractivity contribution in [2.75, 3.05) is 5.75 Å². The second-order valence-electron chi connectivity index (χ2n) is 5.03. The van der Waals surface area contributed by atoms with Gasteiger partial charge in [0.05, 0.1) is 0 Å². The van der Waals surface area contributed by atoms with Crippen LogP contribution >= 0.6 is 11.8 Å². The molecule has 0 radical (unpaired) electrons. The Balaban J connectivity index is 0.00000135. The smallest absolute Gasteiger partial charge is 0.00659 e. The number of rotatable bonds is 9. The molecule has 0 bridgehead atoms. The summed E-state index contributed by atoms with van der Waals surface area (Å²) in [4.78, 5) is 1.22. The highest BCUT2D eigenvalue weighted by atomic mass is 32.2. The molecule has 1 aromatic rings. The summed E-state index contributed by atoms with van der Waals surface area (Å²) in [5, 5.41) is 0. The van der Waals surface area contributed by atoms with Crippen molar-refractivity contribution in [3.8, 4) is 0 Å². The Morgan fingerprint density at radius 3 is 2.32 bits per heavy atom. The quantitative estimate of drug-likeness (QED) is 0.355. The molecule has 1 rings (SSSR count). The SMILES string of the molecule is C=C/C=C(\C=C)SCC(CC)CCc1ccccc1.C=CC. The molecule has 0 spiro atoms. The van der Waals surface area contributed by atoms with Crippen molar-refractivity contribution in [2.45, 2.75) is 33.1 Å². The van der Waals surface area contributed by atoms with Crippen molar-refractivity contribution >= 4 is 11.8 Å². The standard InChI is InChI=1S/C18H24S.C3H6/c1-4-10-18(6-3)19-15-16(5-2)13-14-17-11-8-7-9-12-17;1-3-2/h4,6-12,16H,1,3,5,13-15H2,2H3;3H,1H2,2H3/b18-10+;. The van der Waals surface area contributed by atoms with Crippen molar-refractivity contribution in [1.82, 2.24) is 0 Å². The van der Waals surface area contributed by atoms with Crippen molar-refractivity contribution < 1.29 is 0 Å². The third-order valence-electron chi connectivity index (χ3n) is 3.23. The van der Waals surface area contributed by atoms with Gasteiger partial charge in [-0.05, 0) is 37.3 Å². The van der Waals surface area contributed by atoms with E-state index in [-0.39, 0.29) is 0 Å². The Morgan fingerprint density at radius 2 is 1.82 bits per heavy atom. The van der Waals surface area contributed by atoms with Crippen molar-refractivity contribution in [2.24, 2.45) is 5.92 Å². The molecule has 0 aliphatic heterocycles. The zero-order valence-corrected chi connectivity index (χ0v) is 14.9. The van der Waals surface area contributed by atoms with Crippen LogP contribution in [0.1, 0.15) is 32.3 Å². The Labute approximate surface area is 141 Å². The van der Waals surface area contributed by atoms with Crippen LogP contribution in [0.25, 0.3) is 0 Å². The summed E-state index contributed by atoms with van der Waals surface area (Å²) in [6.07, 6.45) is 11.2. The molecular formula is C21H30S. The van der Waals surface area contributed by atoms with E-state index >= 15 is 0 Å². The van der Waals surface area contributed by atoms with E-state index in [4.69, 9.17) is 0 Å². The first-order valence-electron chi connectivity index (χ1n) is 7.90. The molecule has 0 fully saturated rings. The molecule has 0 saturated heterocycles. The second kappa shape index (κ2) is 14.5. The zero-order chi connectivity index (χ0) is 16.6. The van der Waals surface area contributed by atoms with Crippen LogP contribution in [-0.2, 0) is 6.42 Å². The van der Waals surface area contributed by atoms with Crippen LogP contribution < -0.4 is 0 Å². The van der Waals surface area contributed by atoms with Crippen LogP contribution in [0.3, 0.4) is 0 Å². The van der Waals surface area contributed by atoms with Gasteiger partial charge in [0.2, 0.25) is 0 Å². The van der Waals surface area contributed by atoms with Crippen LogP contribution in [-0.4, -0.2) is 5.75 Å². The zero-order valence-electron chi connectivity index (χ0n) is 14.1. The number of benzene rings is 1. The summed E-state index contributed by atoms with van der Waals surface area (Å²) < 4.78 is 0. The highest BCUT2D eigenvalue weighted by Crippen LogP contribution is 2.24. The maximum absolute atomic E-state index is 3.84. The molecule has 0 aliphatic carbocycles. The molecule has 0 nitrogen and oxygen atoms in total. The lowest BCUT2D eigenvalue weighted by atomic mass is 9.99. The molecule has 120 valence electrons. The minimum absolute atomic E-state index is 0.762. The van der Waals surface area contributed by atoms with Gasteiger partial charge in [-0.1, -0.05) is 75.1 Å². The summed E-state index contributed by atoms with van der Waals surface area (Å²) in [5.41, 5.74) is 1.44. The fraction of sp³-hybridized carbons (Fsp3) is 0.333.